The molecule has 0 radical (unpaired) electrons. The molecule has 0 spiro atoms. The molecule has 3 rings (SSSR count). The Morgan fingerprint density at radius 2 is 1.83 bits per heavy atom. The first-order chi connectivity index (χ1) is 8.83. The molecule has 0 unspecified atom stereocenters. The Hall–Kier alpha value is -2.23. The molecular formula is C14H12FN3. The van der Waals surface area contributed by atoms with Gasteiger partial charge in [-0.05, 0) is 30.2 Å². The first kappa shape index (κ1) is 10.9. The third kappa shape index (κ3) is 2.09. The van der Waals surface area contributed by atoms with Gasteiger partial charge < -0.3 is 0 Å². The predicted octanol–water partition coefficient (Wildman–Crippen LogP) is 2.65. The highest BCUT2D eigenvalue weighted by Gasteiger charge is 2.05. The Morgan fingerprint density at radius 3 is 2.67 bits per heavy atom. The lowest BCUT2D eigenvalue weighted by molar-refractivity contribution is 0.607. The summed E-state index contributed by atoms with van der Waals surface area (Å²) < 4.78 is 15.2. The van der Waals surface area contributed by atoms with Crippen molar-refractivity contribution in [1.29, 1.82) is 0 Å². The van der Waals surface area contributed by atoms with Gasteiger partial charge in [-0.1, -0.05) is 24.3 Å². The molecular weight excluding hydrogens is 229 g/mol. The van der Waals surface area contributed by atoms with Crippen LogP contribution in [-0.4, -0.2) is 14.6 Å². The monoisotopic (exact) mass is 241 g/mol. The van der Waals surface area contributed by atoms with Crippen molar-refractivity contribution < 1.29 is 4.39 Å². The number of aryl methyl sites for hydroxylation is 2. The second-order valence-electron chi connectivity index (χ2n) is 4.12. The zero-order valence-electron chi connectivity index (χ0n) is 9.75. The number of nitrogens with zero attached hydrogens (tertiary/aromatic N) is 3. The van der Waals surface area contributed by atoms with Gasteiger partial charge in [0.05, 0.1) is 0 Å². The normalized spacial score (nSPS) is 10.9. The van der Waals surface area contributed by atoms with E-state index in [2.05, 4.69) is 10.1 Å². The van der Waals surface area contributed by atoms with Crippen LogP contribution in [0.1, 0.15) is 11.4 Å². The summed E-state index contributed by atoms with van der Waals surface area (Å²) in [5, 5.41) is 4.34. The summed E-state index contributed by atoms with van der Waals surface area (Å²) in [6.45, 7) is 0. The smallest absolute Gasteiger partial charge is 0.155 e. The van der Waals surface area contributed by atoms with Gasteiger partial charge in [-0.3, -0.25) is 0 Å². The highest BCUT2D eigenvalue weighted by molar-refractivity contribution is 5.36. The number of rotatable bonds is 3. The Bertz CT molecular complexity index is 642. The van der Waals surface area contributed by atoms with Crippen molar-refractivity contribution in [3.05, 3.63) is 65.9 Å². The lowest BCUT2D eigenvalue weighted by Gasteiger charge is -1.99. The first-order valence-electron chi connectivity index (χ1n) is 5.86. The Labute approximate surface area is 104 Å². The summed E-state index contributed by atoms with van der Waals surface area (Å²) in [6.07, 6.45) is 3.11. The van der Waals surface area contributed by atoms with E-state index in [4.69, 9.17) is 0 Å². The molecule has 2 heterocycles. The van der Waals surface area contributed by atoms with E-state index in [0.717, 1.165) is 11.5 Å². The van der Waals surface area contributed by atoms with Gasteiger partial charge in [0.1, 0.15) is 5.82 Å². The standard InChI is InChI=1S/C14H12FN3/c15-12-6-2-1-5-11(12)8-9-13-16-14-7-3-4-10-18(14)17-13/h1-7,10H,8-9H2. The molecule has 4 heteroatoms. The van der Waals surface area contributed by atoms with Crippen molar-refractivity contribution in [2.75, 3.05) is 0 Å². The zero-order valence-corrected chi connectivity index (χ0v) is 9.75. The van der Waals surface area contributed by atoms with Crippen LogP contribution in [0.2, 0.25) is 0 Å². The van der Waals surface area contributed by atoms with E-state index in [1.807, 2.05) is 30.5 Å². The highest BCUT2D eigenvalue weighted by Crippen LogP contribution is 2.10. The van der Waals surface area contributed by atoms with Crippen molar-refractivity contribution in [3.8, 4) is 0 Å². The fourth-order valence-corrected chi connectivity index (χ4v) is 1.93. The van der Waals surface area contributed by atoms with Crippen LogP contribution in [-0.2, 0) is 12.8 Å². The quantitative estimate of drug-likeness (QED) is 0.705. The molecule has 0 atom stereocenters. The summed E-state index contributed by atoms with van der Waals surface area (Å²) in [6, 6.07) is 12.5. The maximum atomic E-state index is 13.5. The molecule has 0 aliphatic rings. The molecule has 0 bridgehead atoms. The van der Waals surface area contributed by atoms with E-state index < -0.39 is 0 Å². The molecule has 90 valence electrons. The van der Waals surface area contributed by atoms with E-state index in [9.17, 15) is 4.39 Å². The number of aromatic nitrogens is 3. The second-order valence-corrected chi connectivity index (χ2v) is 4.12. The summed E-state index contributed by atoms with van der Waals surface area (Å²) in [7, 11) is 0. The van der Waals surface area contributed by atoms with Crippen LogP contribution < -0.4 is 0 Å². The van der Waals surface area contributed by atoms with Gasteiger partial charge in [-0.2, -0.15) is 5.10 Å². The van der Waals surface area contributed by atoms with E-state index in [-0.39, 0.29) is 5.82 Å². The molecule has 0 aliphatic heterocycles. The minimum Gasteiger partial charge on any atom is -0.221 e. The van der Waals surface area contributed by atoms with Crippen molar-refractivity contribution in [3.63, 3.8) is 0 Å². The first-order valence-corrected chi connectivity index (χ1v) is 5.86. The molecule has 18 heavy (non-hydrogen) atoms. The molecule has 0 N–H and O–H groups in total. The number of fused-ring (bicyclic) bond motifs is 1. The third-order valence-corrected chi connectivity index (χ3v) is 2.86. The highest BCUT2D eigenvalue weighted by atomic mass is 19.1. The molecule has 0 saturated heterocycles. The summed E-state index contributed by atoms with van der Waals surface area (Å²) >= 11 is 0. The van der Waals surface area contributed by atoms with E-state index >= 15 is 0 Å². The molecule has 1 aromatic carbocycles. The number of pyridine rings is 1. The average molecular weight is 241 g/mol. The van der Waals surface area contributed by atoms with E-state index in [0.29, 0.717) is 18.4 Å². The van der Waals surface area contributed by atoms with Crippen LogP contribution in [0.25, 0.3) is 5.65 Å². The van der Waals surface area contributed by atoms with Crippen LogP contribution in [0.4, 0.5) is 4.39 Å². The molecule has 2 aromatic heterocycles. The minimum absolute atomic E-state index is 0.165. The number of hydrogen-bond donors (Lipinski definition) is 0. The lowest BCUT2D eigenvalue weighted by Crippen LogP contribution is -1.96. The molecule has 3 nitrogen and oxygen atoms in total. The molecule has 0 aliphatic carbocycles. The molecule has 0 fully saturated rings. The number of halogens is 1. The molecule has 0 saturated carbocycles. The van der Waals surface area contributed by atoms with Crippen molar-refractivity contribution in [1.82, 2.24) is 14.6 Å². The minimum atomic E-state index is -0.165. The topological polar surface area (TPSA) is 30.2 Å². The van der Waals surface area contributed by atoms with Crippen molar-refractivity contribution in [2.45, 2.75) is 12.8 Å². The van der Waals surface area contributed by atoms with Crippen LogP contribution >= 0.6 is 0 Å². The fourth-order valence-electron chi connectivity index (χ4n) is 1.93. The summed E-state index contributed by atoms with van der Waals surface area (Å²) in [5.74, 6) is 0.575. The summed E-state index contributed by atoms with van der Waals surface area (Å²) in [4.78, 5) is 4.39. The van der Waals surface area contributed by atoms with Crippen LogP contribution in [0.3, 0.4) is 0 Å². The van der Waals surface area contributed by atoms with Gasteiger partial charge in [0, 0.05) is 12.6 Å². The van der Waals surface area contributed by atoms with Gasteiger partial charge in [0.15, 0.2) is 11.5 Å². The van der Waals surface area contributed by atoms with Crippen LogP contribution in [0.15, 0.2) is 48.7 Å². The number of benzene rings is 1. The maximum Gasteiger partial charge on any atom is 0.155 e. The van der Waals surface area contributed by atoms with E-state index in [1.54, 1.807) is 16.6 Å². The van der Waals surface area contributed by atoms with E-state index in [1.165, 1.54) is 6.07 Å². The van der Waals surface area contributed by atoms with Gasteiger partial charge in [-0.15, -0.1) is 0 Å². The SMILES string of the molecule is Fc1ccccc1CCc1nc2ccccn2n1. The average Bonchev–Trinajstić information content (AvgIpc) is 2.80. The van der Waals surface area contributed by atoms with Crippen molar-refractivity contribution in [2.24, 2.45) is 0 Å². The third-order valence-electron chi connectivity index (χ3n) is 2.86. The van der Waals surface area contributed by atoms with Gasteiger partial charge in [0.25, 0.3) is 0 Å². The maximum absolute atomic E-state index is 13.5. The van der Waals surface area contributed by atoms with Crippen LogP contribution in [0.5, 0.6) is 0 Å². The lowest BCUT2D eigenvalue weighted by atomic mass is 10.1. The summed E-state index contributed by atoms with van der Waals surface area (Å²) in [5.41, 5.74) is 1.53. The Balaban J connectivity index is 1.79. The predicted molar refractivity (Wildman–Crippen MR) is 66.8 cm³/mol. The fraction of sp³-hybridized carbons (Fsp3) is 0.143. The Kier molecular flexibility index (Phi) is 2.76. The van der Waals surface area contributed by atoms with Gasteiger partial charge in [0.2, 0.25) is 0 Å². The Morgan fingerprint density at radius 1 is 1.00 bits per heavy atom. The van der Waals surface area contributed by atoms with Gasteiger partial charge in [-0.25, -0.2) is 13.9 Å². The zero-order chi connectivity index (χ0) is 12.4. The van der Waals surface area contributed by atoms with Gasteiger partial charge >= 0.3 is 0 Å². The molecule has 0 amide bonds. The molecule has 3 aromatic rings. The second kappa shape index (κ2) is 4.56. The largest absolute Gasteiger partial charge is 0.221 e. The van der Waals surface area contributed by atoms with Crippen LogP contribution in [0, 0.1) is 5.82 Å². The number of hydrogen-bond acceptors (Lipinski definition) is 2. The van der Waals surface area contributed by atoms with Crippen molar-refractivity contribution >= 4 is 5.65 Å².